The quantitative estimate of drug-likeness (QED) is 0.845. The molecular formula is C17H21ClN2O2. The molecule has 2 aromatic rings. The molecule has 1 N–H and O–H groups in total. The van der Waals surface area contributed by atoms with E-state index in [2.05, 4.69) is 24.1 Å². The van der Waals surface area contributed by atoms with Crippen molar-refractivity contribution >= 4 is 17.5 Å². The molecule has 0 aliphatic rings. The number of carbonyl (C=O) groups excluding carboxylic acids is 1. The minimum atomic E-state index is -0.214. The second kappa shape index (κ2) is 8.01. The minimum Gasteiger partial charge on any atom is -0.459 e. The van der Waals surface area contributed by atoms with Crippen molar-refractivity contribution in [3.05, 3.63) is 59.0 Å². The van der Waals surface area contributed by atoms with E-state index in [4.69, 9.17) is 16.0 Å². The molecule has 118 valence electrons. The van der Waals surface area contributed by atoms with Crippen molar-refractivity contribution < 1.29 is 9.21 Å². The van der Waals surface area contributed by atoms with Crippen molar-refractivity contribution in [3.63, 3.8) is 0 Å². The number of furan rings is 1. The molecule has 5 heteroatoms. The highest BCUT2D eigenvalue weighted by atomic mass is 35.5. The van der Waals surface area contributed by atoms with Gasteiger partial charge >= 0.3 is 0 Å². The summed E-state index contributed by atoms with van der Waals surface area (Å²) in [6.45, 7) is 6.43. The van der Waals surface area contributed by atoms with Gasteiger partial charge in [0.1, 0.15) is 0 Å². The van der Waals surface area contributed by atoms with Gasteiger partial charge in [-0.05, 0) is 36.9 Å². The average molecular weight is 321 g/mol. The lowest BCUT2D eigenvalue weighted by Crippen LogP contribution is -2.38. The van der Waals surface area contributed by atoms with E-state index in [1.165, 1.54) is 6.26 Å². The number of hydrogen-bond acceptors (Lipinski definition) is 3. The van der Waals surface area contributed by atoms with Crippen molar-refractivity contribution in [1.29, 1.82) is 0 Å². The normalized spacial score (nSPS) is 12.4. The molecule has 0 spiro atoms. The number of amides is 1. The summed E-state index contributed by atoms with van der Waals surface area (Å²) in [5, 5.41) is 3.64. The molecule has 22 heavy (non-hydrogen) atoms. The van der Waals surface area contributed by atoms with Gasteiger partial charge in [-0.15, -0.1) is 0 Å². The van der Waals surface area contributed by atoms with Gasteiger partial charge in [-0.2, -0.15) is 0 Å². The minimum absolute atomic E-state index is 0.0302. The molecule has 0 radical (unpaired) electrons. The number of benzene rings is 1. The Morgan fingerprint density at radius 3 is 2.55 bits per heavy atom. The molecule has 1 amide bonds. The second-order valence-electron chi connectivity index (χ2n) is 4.95. The first-order valence-corrected chi connectivity index (χ1v) is 7.85. The number of halogens is 1. The number of likely N-dealkylation sites (N-methyl/N-ethyl adjacent to an activating group) is 1. The Kier molecular flexibility index (Phi) is 6.04. The monoisotopic (exact) mass is 320 g/mol. The molecule has 1 atom stereocenters. The van der Waals surface area contributed by atoms with Crippen LogP contribution in [-0.2, 0) is 0 Å². The van der Waals surface area contributed by atoms with Crippen molar-refractivity contribution in [2.24, 2.45) is 0 Å². The Balaban J connectivity index is 2.15. The first-order valence-electron chi connectivity index (χ1n) is 7.47. The van der Waals surface area contributed by atoms with Gasteiger partial charge in [-0.3, -0.25) is 9.69 Å². The Bertz CT molecular complexity index is 594. The number of nitrogens with zero attached hydrogens (tertiary/aromatic N) is 1. The average Bonchev–Trinajstić information content (AvgIpc) is 3.06. The summed E-state index contributed by atoms with van der Waals surface area (Å²) in [6, 6.07) is 11.1. The van der Waals surface area contributed by atoms with E-state index < -0.39 is 0 Å². The molecular weight excluding hydrogens is 300 g/mol. The van der Waals surface area contributed by atoms with Gasteiger partial charge in [-0.25, -0.2) is 0 Å². The third-order valence-electron chi connectivity index (χ3n) is 3.72. The highest BCUT2D eigenvalue weighted by Crippen LogP contribution is 2.27. The summed E-state index contributed by atoms with van der Waals surface area (Å²) < 4.78 is 5.12. The highest BCUT2D eigenvalue weighted by Gasteiger charge is 2.21. The third kappa shape index (κ3) is 3.90. The third-order valence-corrected chi connectivity index (χ3v) is 4.06. The van der Waals surface area contributed by atoms with E-state index in [-0.39, 0.29) is 11.9 Å². The maximum Gasteiger partial charge on any atom is 0.287 e. The van der Waals surface area contributed by atoms with Crippen LogP contribution < -0.4 is 5.32 Å². The molecule has 1 aromatic heterocycles. The van der Waals surface area contributed by atoms with Gasteiger partial charge in [0.15, 0.2) is 5.76 Å². The Morgan fingerprint density at radius 2 is 1.95 bits per heavy atom. The smallest absolute Gasteiger partial charge is 0.287 e. The lowest BCUT2D eigenvalue weighted by atomic mass is 10.0. The van der Waals surface area contributed by atoms with Crippen LogP contribution in [0.1, 0.15) is 36.0 Å². The zero-order valence-corrected chi connectivity index (χ0v) is 13.6. The molecule has 1 heterocycles. The Labute approximate surface area is 136 Å². The Hall–Kier alpha value is -1.78. The van der Waals surface area contributed by atoms with Crippen molar-refractivity contribution in [3.8, 4) is 0 Å². The van der Waals surface area contributed by atoms with Crippen LogP contribution in [0.25, 0.3) is 0 Å². The predicted octanol–water partition coefficient (Wildman–Crippen LogP) is 3.75. The Morgan fingerprint density at radius 1 is 1.23 bits per heavy atom. The summed E-state index contributed by atoms with van der Waals surface area (Å²) in [5.41, 5.74) is 1.02. The summed E-state index contributed by atoms with van der Waals surface area (Å²) >= 11 is 6.33. The molecule has 0 unspecified atom stereocenters. The first-order chi connectivity index (χ1) is 10.7. The van der Waals surface area contributed by atoms with E-state index in [9.17, 15) is 4.79 Å². The van der Waals surface area contributed by atoms with E-state index in [1.807, 2.05) is 24.3 Å². The van der Waals surface area contributed by atoms with Gasteiger partial charge in [-0.1, -0.05) is 43.6 Å². The summed E-state index contributed by atoms with van der Waals surface area (Å²) in [5.74, 6) is 0.103. The van der Waals surface area contributed by atoms with E-state index >= 15 is 0 Å². The zero-order valence-electron chi connectivity index (χ0n) is 12.9. The largest absolute Gasteiger partial charge is 0.459 e. The highest BCUT2D eigenvalue weighted by molar-refractivity contribution is 6.31. The maximum absolute atomic E-state index is 12.1. The molecule has 1 aromatic carbocycles. The van der Waals surface area contributed by atoms with Gasteiger partial charge in [0.2, 0.25) is 0 Å². The summed E-state index contributed by atoms with van der Waals surface area (Å²) in [7, 11) is 0. The first kappa shape index (κ1) is 16.6. The van der Waals surface area contributed by atoms with Crippen LogP contribution in [0.3, 0.4) is 0 Å². The van der Waals surface area contributed by atoms with Crippen molar-refractivity contribution in [2.45, 2.75) is 19.9 Å². The molecule has 0 fully saturated rings. The number of rotatable bonds is 7. The number of carbonyl (C=O) groups is 1. The van der Waals surface area contributed by atoms with Crippen LogP contribution in [0.2, 0.25) is 5.02 Å². The molecule has 0 saturated carbocycles. The lowest BCUT2D eigenvalue weighted by Gasteiger charge is -2.30. The fraction of sp³-hybridized carbons (Fsp3) is 0.353. The van der Waals surface area contributed by atoms with E-state index in [0.717, 1.165) is 18.7 Å². The number of nitrogens with one attached hydrogen (secondary N) is 1. The van der Waals surface area contributed by atoms with Crippen LogP contribution in [0.15, 0.2) is 47.1 Å². The van der Waals surface area contributed by atoms with Gasteiger partial charge < -0.3 is 9.73 Å². The molecule has 0 bridgehead atoms. The SMILES string of the molecule is CCN(CC)[C@@H](CNC(=O)c1ccco1)c1ccccc1Cl. The standard InChI is InChI=1S/C17H21ClN2O2/c1-3-20(4-2)15(13-8-5-6-9-14(13)18)12-19-17(21)16-10-7-11-22-16/h5-11,15H,3-4,12H2,1-2H3,(H,19,21)/t15-/m0/s1. The molecule has 4 nitrogen and oxygen atoms in total. The van der Waals surface area contributed by atoms with E-state index in [1.54, 1.807) is 12.1 Å². The molecule has 0 aliphatic heterocycles. The molecule has 0 saturated heterocycles. The lowest BCUT2D eigenvalue weighted by molar-refractivity contribution is 0.0907. The topological polar surface area (TPSA) is 45.5 Å². The van der Waals surface area contributed by atoms with Gasteiger partial charge in [0.05, 0.1) is 12.3 Å². The fourth-order valence-electron chi connectivity index (χ4n) is 2.53. The molecule has 0 aliphatic carbocycles. The van der Waals surface area contributed by atoms with Crippen molar-refractivity contribution in [1.82, 2.24) is 10.2 Å². The van der Waals surface area contributed by atoms with Crippen molar-refractivity contribution in [2.75, 3.05) is 19.6 Å². The predicted molar refractivity (Wildman–Crippen MR) is 88.2 cm³/mol. The van der Waals surface area contributed by atoms with Crippen LogP contribution in [-0.4, -0.2) is 30.4 Å². The summed E-state index contributed by atoms with van der Waals surface area (Å²) in [6.07, 6.45) is 1.49. The van der Waals surface area contributed by atoms with Crippen LogP contribution in [0.4, 0.5) is 0 Å². The second-order valence-corrected chi connectivity index (χ2v) is 5.35. The zero-order chi connectivity index (χ0) is 15.9. The van der Waals surface area contributed by atoms with Crippen LogP contribution >= 0.6 is 11.6 Å². The van der Waals surface area contributed by atoms with Crippen LogP contribution in [0.5, 0.6) is 0 Å². The van der Waals surface area contributed by atoms with E-state index in [0.29, 0.717) is 17.3 Å². The number of hydrogen-bond donors (Lipinski definition) is 1. The van der Waals surface area contributed by atoms with Crippen LogP contribution in [0, 0.1) is 0 Å². The van der Waals surface area contributed by atoms with Gasteiger partial charge in [0, 0.05) is 11.6 Å². The molecule has 2 rings (SSSR count). The summed E-state index contributed by atoms with van der Waals surface area (Å²) in [4.78, 5) is 14.3. The fourth-order valence-corrected chi connectivity index (χ4v) is 2.79. The van der Waals surface area contributed by atoms with Gasteiger partial charge in [0.25, 0.3) is 5.91 Å². The maximum atomic E-state index is 12.1.